The molecular weight excluding hydrogens is 391 g/mol. The van der Waals surface area contributed by atoms with Crippen molar-refractivity contribution in [3.05, 3.63) is 32.5 Å². The number of hydrogen-bond acceptors (Lipinski definition) is 6. The van der Waals surface area contributed by atoms with E-state index in [2.05, 4.69) is 9.98 Å². The first-order valence-corrected chi connectivity index (χ1v) is 8.62. The molecule has 0 saturated heterocycles. The van der Waals surface area contributed by atoms with Crippen molar-refractivity contribution in [3.63, 3.8) is 0 Å². The van der Waals surface area contributed by atoms with Crippen molar-refractivity contribution in [2.75, 3.05) is 13.2 Å². The van der Waals surface area contributed by atoms with E-state index in [4.69, 9.17) is 39.5 Å². The maximum absolute atomic E-state index is 12.2. The largest absolute Gasteiger partial charge is 0.505 e. The van der Waals surface area contributed by atoms with E-state index in [9.17, 15) is 15.0 Å². The van der Waals surface area contributed by atoms with Crippen LogP contribution in [-0.4, -0.2) is 46.6 Å². The van der Waals surface area contributed by atoms with Crippen LogP contribution >= 0.6 is 34.8 Å². The Balaban J connectivity index is 3.44. The van der Waals surface area contributed by atoms with Crippen LogP contribution in [0, 0.1) is 5.92 Å². The van der Waals surface area contributed by atoms with Crippen LogP contribution in [0.4, 0.5) is 0 Å². The quantitative estimate of drug-likeness (QED) is 0.234. The zero-order chi connectivity index (χ0) is 19.1. The summed E-state index contributed by atoms with van der Waals surface area (Å²) < 4.78 is 4.93. The molecule has 0 saturated carbocycles. The Labute approximate surface area is 161 Å². The molecule has 0 bridgehead atoms. The minimum atomic E-state index is -0.812. The number of pyridine rings is 1. The molecule has 1 aromatic rings. The number of aliphatic imine (C=N–C) groups is 1. The number of rotatable bonds is 7. The normalized spacial score (nSPS) is 13.9. The van der Waals surface area contributed by atoms with Gasteiger partial charge in [-0.3, -0.25) is 4.99 Å². The van der Waals surface area contributed by atoms with Crippen LogP contribution in [0.1, 0.15) is 26.5 Å². The van der Waals surface area contributed by atoms with Crippen molar-refractivity contribution in [3.8, 4) is 0 Å². The fraction of sp³-hybridized carbons (Fsp3) is 0.438. The maximum atomic E-state index is 12.2. The van der Waals surface area contributed by atoms with Crippen LogP contribution in [0.3, 0.4) is 0 Å². The third kappa shape index (κ3) is 5.85. The smallest absolute Gasteiger partial charge is 0.343 e. The Bertz CT molecular complexity index is 690. The van der Waals surface area contributed by atoms with Crippen LogP contribution in [0.15, 0.2) is 16.6 Å². The third-order valence-electron chi connectivity index (χ3n) is 3.21. The van der Waals surface area contributed by atoms with Gasteiger partial charge in [-0.25, -0.2) is 9.78 Å². The Kier molecular flexibility index (Phi) is 8.65. The standard InChI is InChI=1S/C16H19Cl3N2O4/c1-4-25-16(24)9(6-20-12(7-22)8(2)3)14(23)13-10(17)5-11(18)15(19)21-13/h5-6,8,12,22-23H,4,7H2,1-3H3/t12-/m1/s1. The summed E-state index contributed by atoms with van der Waals surface area (Å²) in [6.07, 6.45) is 1.13. The van der Waals surface area contributed by atoms with E-state index in [0.717, 1.165) is 6.21 Å². The van der Waals surface area contributed by atoms with E-state index >= 15 is 0 Å². The molecule has 9 heteroatoms. The molecule has 0 aliphatic heterocycles. The number of halogens is 3. The molecule has 0 aliphatic carbocycles. The van der Waals surface area contributed by atoms with Gasteiger partial charge in [0, 0.05) is 6.21 Å². The summed E-state index contributed by atoms with van der Waals surface area (Å²) in [4.78, 5) is 20.2. The number of esters is 1. The molecule has 0 aliphatic rings. The van der Waals surface area contributed by atoms with Gasteiger partial charge in [0.15, 0.2) is 5.76 Å². The predicted molar refractivity (Wildman–Crippen MR) is 99.7 cm³/mol. The number of nitrogens with zero attached hydrogens (tertiary/aromatic N) is 2. The average molecular weight is 410 g/mol. The van der Waals surface area contributed by atoms with Crippen LogP contribution in [-0.2, 0) is 9.53 Å². The average Bonchev–Trinajstić information content (AvgIpc) is 2.54. The fourth-order valence-electron chi connectivity index (χ4n) is 1.76. The summed E-state index contributed by atoms with van der Waals surface area (Å²) >= 11 is 17.7. The van der Waals surface area contributed by atoms with Crippen LogP contribution in [0.25, 0.3) is 5.76 Å². The zero-order valence-corrected chi connectivity index (χ0v) is 16.2. The first kappa shape index (κ1) is 21.7. The van der Waals surface area contributed by atoms with E-state index in [0.29, 0.717) is 0 Å². The van der Waals surface area contributed by atoms with Crippen molar-refractivity contribution in [1.29, 1.82) is 0 Å². The Morgan fingerprint density at radius 2 is 2.00 bits per heavy atom. The van der Waals surface area contributed by atoms with Crippen LogP contribution in [0.2, 0.25) is 15.2 Å². The van der Waals surface area contributed by atoms with Gasteiger partial charge < -0.3 is 14.9 Å². The van der Waals surface area contributed by atoms with Gasteiger partial charge in [-0.1, -0.05) is 48.7 Å². The molecule has 0 amide bonds. The second-order valence-electron chi connectivity index (χ2n) is 5.35. The number of hydrogen-bond donors (Lipinski definition) is 2. The second kappa shape index (κ2) is 9.97. The number of ether oxygens (including phenoxy) is 1. The fourth-order valence-corrected chi connectivity index (χ4v) is 2.34. The number of aliphatic hydroxyl groups is 2. The highest BCUT2D eigenvalue weighted by Gasteiger charge is 2.21. The van der Waals surface area contributed by atoms with Gasteiger partial charge in [0.25, 0.3) is 0 Å². The molecule has 0 fully saturated rings. The molecule has 0 unspecified atom stereocenters. The first-order valence-electron chi connectivity index (χ1n) is 7.49. The molecule has 1 heterocycles. The van der Waals surface area contributed by atoms with E-state index in [1.807, 2.05) is 13.8 Å². The van der Waals surface area contributed by atoms with E-state index in [1.165, 1.54) is 6.07 Å². The molecule has 0 radical (unpaired) electrons. The highest BCUT2D eigenvalue weighted by Crippen LogP contribution is 2.30. The SMILES string of the molecule is CCOC(=O)C(C=N[C@H](CO)C(C)C)=C(O)c1nc(Cl)c(Cl)cc1Cl. The highest BCUT2D eigenvalue weighted by atomic mass is 35.5. The van der Waals surface area contributed by atoms with Crippen molar-refractivity contribution in [2.45, 2.75) is 26.8 Å². The first-order chi connectivity index (χ1) is 11.7. The minimum absolute atomic E-state index is 0.00432. The molecule has 25 heavy (non-hydrogen) atoms. The summed E-state index contributed by atoms with van der Waals surface area (Å²) in [5, 5.41) is 19.8. The summed E-state index contributed by atoms with van der Waals surface area (Å²) in [7, 11) is 0. The molecule has 0 spiro atoms. The maximum Gasteiger partial charge on any atom is 0.343 e. The molecule has 1 aromatic heterocycles. The van der Waals surface area contributed by atoms with Crippen LogP contribution in [0.5, 0.6) is 0 Å². The molecule has 1 rings (SSSR count). The summed E-state index contributed by atoms with van der Waals surface area (Å²) in [5.41, 5.74) is -0.385. The van der Waals surface area contributed by atoms with Gasteiger partial charge >= 0.3 is 5.97 Å². The topological polar surface area (TPSA) is 92.0 Å². The van der Waals surface area contributed by atoms with Crippen molar-refractivity contribution >= 4 is 52.7 Å². The van der Waals surface area contributed by atoms with Gasteiger partial charge in [-0.05, 0) is 18.9 Å². The number of carbonyl (C=O) groups is 1. The summed E-state index contributed by atoms with van der Waals surface area (Å²) in [6.45, 7) is 5.24. The Morgan fingerprint density at radius 3 is 2.52 bits per heavy atom. The summed E-state index contributed by atoms with van der Waals surface area (Å²) in [6, 6.07) is 0.851. The zero-order valence-electron chi connectivity index (χ0n) is 14.0. The number of carbonyl (C=O) groups excluding carboxylic acids is 1. The minimum Gasteiger partial charge on any atom is -0.505 e. The third-order valence-corrected chi connectivity index (χ3v) is 4.17. The predicted octanol–water partition coefficient (Wildman–Crippen LogP) is 3.96. The lowest BCUT2D eigenvalue weighted by atomic mass is 10.1. The highest BCUT2D eigenvalue weighted by molar-refractivity contribution is 6.42. The lowest BCUT2D eigenvalue weighted by molar-refractivity contribution is -0.137. The Hall–Kier alpha value is -1.34. The number of aliphatic hydroxyl groups excluding tert-OH is 2. The molecule has 0 aromatic carbocycles. The van der Waals surface area contributed by atoms with E-state index in [-0.39, 0.29) is 45.6 Å². The molecule has 138 valence electrons. The van der Waals surface area contributed by atoms with Gasteiger partial charge in [-0.15, -0.1) is 0 Å². The van der Waals surface area contributed by atoms with Gasteiger partial charge in [-0.2, -0.15) is 0 Å². The molecular formula is C16H19Cl3N2O4. The van der Waals surface area contributed by atoms with Crippen molar-refractivity contribution in [2.24, 2.45) is 10.9 Å². The van der Waals surface area contributed by atoms with Crippen molar-refractivity contribution < 1.29 is 19.7 Å². The van der Waals surface area contributed by atoms with E-state index in [1.54, 1.807) is 6.92 Å². The second-order valence-corrected chi connectivity index (χ2v) is 6.52. The van der Waals surface area contributed by atoms with Crippen molar-refractivity contribution in [1.82, 2.24) is 4.98 Å². The number of aromatic nitrogens is 1. The van der Waals surface area contributed by atoms with E-state index < -0.39 is 17.8 Å². The lowest BCUT2D eigenvalue weighted by Gasteiger charge is -2.13. The van der Waals surface area contributed by atoms with Gasteiger partial charge in [0.2, 0.25) is 0 Å². The molecule has 6 nitrogen and oxygen atoms in total. The van der Waals surface area contributed by atoms with Gasteiger partial charge in [0.05, 0.1) is 29.3 Å². The van der Waals surface area contributed by atoms with Gasteiger partial charge in [0.1, 0.15) is 16.4 Å². The van der Waals surface area contributed by atoms with Crippen LogP contribution < -0.4 is 0 Å². The summed E-state index contributed by atoms with van der Waals surface area (Å²) in [5.74, 6) is -1.34. The molecule has 1 atom stereocenters. The Morgan fingerprint density at radius 1 is 1.36 bits per heavy atom. The molecule has 2 N–H and O–H groups in total. The monoisotopic (exact) mass is 408 g/mol. The lowest BCUT2D eigenvalue weighted by Crippen LogP contribution is -2.19.